The molecule has 6 heteroatoms. The third-order valence-electron chi connectivity index (χ3n) is 5.02. The number of aromatic amines is 1. The molecule has 0 saturated heterocycles. The fourth-order valence-electron chi connectivity index (χ4n) is 3.52. The van der Waals surface area contributed by atoms with Gasteiger partial charge in [-0.05, 0) is 24.5 Å². The highest BCUT2D eigenvalue weighted by atomic mass is 16.3. The standard InChI is InChI=1S/C24H25N3O3/c1-3-16-27-23(29)21(22(28)26-24(27)30)17(2)25-15-14-20(18-10-6-4-7-11-18)19-12-8-5-9-13-19/h3-13,20,29H,1,14-16H2,2H3,(H,26,28,30). The van der Waals surface area contributed by atoms with E-state index in [4.69, 9.17) is 0 Å². The number of aromatic nitrogens is 2. The number of nitrogens with one attached hydrogen (secondary N) is 1. The Labute approximate surface area is 174 Å². The van der Waals surface area contributed by atoms with Crippen molar-refractivity contribution in [2.24, 2.45) is 4.99 Å². The second-order valence-electron chi connectivity index (χ2n) is 6.99. The first-order valence-electron chi connectivity index (χ1n) is 9.81. The van der Waals surface area contributed by atoms with E-state index in [-0.39, 0.29) is 18.0 Å². The smallest absolute Gasteiger partial charge is 0.331 e. The van der Waals surface area contributed by atoms with Crippen LogP contribution in [0, 0.1) is 0 Å². The van der Waals surface area contributed by atoms with Gasteiger partial charge in [0.15, 0.2) is 0 Å². The number of rotatable bonds is 8. The molecule has 0 atom stereocenters. The van der Waals surface area contributed by atoms with Crippen LogP contribution in [-0.4, -0.2) is 26.9 Å². The third kappa shape index (κ3) is 4.66. The highest BCUT2D eigenvalue weighted by molar-refractivity contribution is 6.00. The molecule has 0 spiro atoms. The predicted molar refractivity (Wildman–Crippen MR) is 120 cm³/mol. The van der Waals surface area contributed by atoms with Crippen LogP contribution in [0.15, 0.2) is 87.9 Å². The Morgan fingerprint density at radius 2 is 1.67 bits per heavy atom. The van der Waals surface area contributed by atoms with Crippen LogP contribution in [0.25, 0.3) is 0 Å². The van der Waals surface area contributed by atoms with Crippen LogP contribution in [0.4, 0.5) is 0 Å². The van der Waals surface area contributed by atoms with Crippen molar-refractivity contribution in [3.05, 3.63) is 111 Å². The number of aliphatic imine (C=N–C) groups is 1. The van der Waals surface area contributed by atoms with Gasteiger partial charge in [0.2, 0.25) is 5.88 Å². The summed E-state index contributed by atoms with van der Waals surface area (Å²) in [6.07, 6.45) is 2.20. The molecule has 6 nitrogen and oxygen atoms in total. The summed E-state index contributed by atoms with van der Waals surface area (Å²) in [6.45, 7) is 5.78. The summed E-state index contributed by atoms with van der Waals surface area (Å²) in [5, 5.41) is 10.4. The maximum absolute atomic E-state index is 12.3. The lowest BCUT2D eigenvalue weighted by atomic mass is 9.88. The van der Waals surface area contributed by atoms with E-state index in [1.165, 1.54) is 17.2 Å². The highest BCUT2D eigenvalue weighted by Crippen LogP contribution is 2.27. The van der Waals surface area contributed by atoms with Crippen molar-refractivity contribution in [1.29, 1.82) is 0 Å². The molecule has 30 heavy (non-hydrogen) atoms. The summed E-state index contributed by atoms with van der Waals surface area (Å²) in [5.74, 6) is -0.238. The maximum Gasteiger partial charge on any atom is 0.331 e. The van der Waals surface area contributed by atoms with E-state index < -0.39 is 17.1 Å². The molecule has 2 aromatic carbocycles. The Morgan fingerprint density at radius 1 is 1.10 bits per heavy atom. The quantitative estimate of drug-likeness (QED) is 0.446. The molecule has 0 amide bonds. The molecule has 1 heterocycles. The normalized spacial score (nSPS) is 11.6. The summed E-state index contributed by atoms with van der Waals surface area (Å²) in [7, 11) is 0. The molecule has 0 bridgehead atoms. The Balaban J connectivity index is 1.88. The summed E-state index contributed by atoms with van der Waals surface area (Å²) in [5.41, 5.74) is 1.44. The average Bonchev–Trinajstić information content (AvgIpc) is 2.75. The lowest BCUT2D eigenvalue weighted by Crippen LogP contribution is -2.33. The summed E-state index contributed by atoms with van der Waals surface area (Å²) in [4.78, 5) is 30.9. The second kappa shape index (κ2) is 9.69. The van der Waals surface area contributed by atoms with Crippen molar-refractivity contribution in [3.63, 3.8) is 0 Å². The Hall–Kier alpha value is -3.67. The molecule has 3 rings (SSSR count). The maximum atomic E-state index is 12.3. The van der Waals surface area contributed by atoms with Crippen LogP contribution in [0.3, 0.4) is 0 Å². The number of hydrogen-bond donors (Lipinski definition) is 2. The first-order chi connectivity index (χ1) is 14.5. The molecule has 3 aromatic rings. The van der Waals surface area contributed by atoms with Gasteiger partial charge in [-0.1, -0.05) is 66.7 Å². The first kappa shape index (κ1) is 21.0. The monoisotopic (exact) mass is 403 g/mol. The molecule has 0 unspecified atom stereocenters. The van der Waals surface area contributed by atoms with Crippen molar-refractivity contribution in [2.75, 3.05) is 6.54 Å². The van der Waals surface area contributed by atoms with Gasteiger partial charge in [-0.15, -0.1) is 6.58 Å². The van der Waals surface area contributed by atoms with Gasteiger partial charge in [0.1, 0.15) is 5.56 Å². The molecule has 0 radical (unpaired) electrons. The van der Waals surface area contributed by atoms with E-state index in [0.717, 1.165) is 11.0 Å². The number of aromatic hydroxyl groups is 1. The molecule has 2 N–H and O–H groups in total. The van der Waals surface area contributed by atoms with E-state index in [1.807, 2.05) is 36.4 Å². The van der Waals surface area contributed by atoms with Gasteiger partial charge in [-0.25, -0.2) is 4.79 Å². The summed E-state index contributed by atoms with van der Waals surface area (Å²) in [6, 6.07) is 20.4. The van der Waals surface area contributed by atoms with Crippen LogP contribution in [0.1, 0.15) is 36.0 Å². The summed E-state index contributed by atoms with van der Waals surface area (Å²) < 4.78 is 1.06. The molecule has 0 aliphatic heterocycles. The van der Waals surface area contributed by atoms with Gasteiger partial charge in [-0.2, -0.15) is 0 Å². The van der Waals surface area contributed by atoms with Crippen LogP contribution < -0.4 is 11.2 Å². The number of H-pyrrole nitrogens is 1. The van der Waals surface area contributed by atoms with Crippen molar-refractivity contribution < 1.29 is 5.11 Å². The molecule has 154 valence electrons. The lowest BCUT2D eigenvalue weighted by Gasteiger charge is -2.17. The number of allylic oxidation sites excluding steroid dienone is 1. The molecular weight excluding hydrogens is 378 g/mol. The lowest BCUT2D eigenvalue weighted by molar-refractivity contribution is 0.409. The highest BCUT2D eigenvalue weighted by Gasteiger charge is 2.17. The van der Waals surface area contributed by atoms with Crippen molar-refractivity contribution >= 4 is 5.71 Å². The largest absolute Gasteiger partial charge is 0.494 e. The predicted octanol–water partition coefficient (Wildman–Crippen LogP) is 3.46. The van der Waals surface area contributed by atoms with Gasteiger partial charge < -0.3 is 5.11 Å². The fraction of sp³-hybridized carbons (Fsp3) is 0.208. The minimum atomic E-state index is -0.679. The number of benzene rings is 2. The van der Waals surface area contributed by atoms with Crippen LogP contribution in [0.5, 0.6) is 5.88 Å². The van der Waals surface area contributed by atoms with E-state index in [1.54, 1.807) is 6.92 Å². The van der Waals surface area contributed by atoms with Gasteiger partial charge in [0, 0.05) is 24.7 Å². The topological polar surface area (TPSA) is 87.4 Å². The van der Waals surface area contributed by atoms with Crippen LogP contribution >= 0.6 is 0 Å². The van der Waals surface area contributed by atoms with Crippen molar-refractivity contribution in [2.45, 2.75) is 25.8 Å². The molecule has 0 aliphatic carbocycles. The minimum absolute atomic E-state index is 0.00687. The SMILES string of the molecule is C=CCn1c(O)c(C(C)=NCCC(c2ccccc2)c2ccccc2)c(=O)[nH]c1=O. The number of nitrogens with zero attached hydrogens (tertiary/aromatic N) is 2. The van der Waals surface area contributed by atoms with E-state index in [9.17, 15) is 14.7 Å². The molecule has 0 aliphatic rings. The van der Waals surface area contributed by atoms with Crippen molar-refractivity contribution in [3.8, 4) is 5.88 Å². The molecule has 1 aromatic heterocycles. The second-order valence-corrected chi connectivity index (χ2v) is 6.99. The van der Waals surface area contributed by atoms with Gasteiger partial charge in [0.05, 0.1) is 0 Å². The van der Waals surface area contributed by atoms with E-state index in [2.05, 4.69) is 40.8 Å². The minimum Gasteiger partial charge on any atom is -0.494 e. The van der Waals surface area contributed by atoms with Crippen LogP contribution in [0.2, 0.25) is 0 Å². The number of hydrogen-bond acceptors (Lipinski definition) is 4. The van der Waals surface area contributed by atoms with Crippen LogP contribution in [-0.2, 0) is 6.54 Å². The molecule has 0 fully saturated rings. The molecular formula is C24H25N3O3. The van der Waals surface area contributed by atoms with E-state index >= 15 is 0 Å². The Morgan fingerprint density at radius 3 is 2.20 bits per heavy atom. The van der Waals surface area contributed by atoms with E-state index in [0.29, 0.717) is 12.3 Å². The summed E-state index contributed by atoms with van der Waals surface area (Å²) >= 11 is 0. The zero-order chi connectivity index (χ0) is 21.5. The first-order valence-corrected chi connectivity index (χ1v) is 9.81. The fourth-order valence-corrected chi connectivity index (χ4v) is 3.52. The zero-order valence-corrected chi connectivity index (χ0v) is 16.9. The average molecular weight is 403 g/mol. The van der Waals surface area contributed by atoms with Gasteiger partial charge in [-0.3, -0.25) is 19.3 Å². The Bertz CT molecular complexity index is 1110. The zero-order valence-electron chi connectivity index (χ0n) is 16.9. The van der Waals surface area contributed by atoms with Gasteiger partial charge in [0.25, 0.3) is 5.56 Å². The van der Waals surface area contributed by atoms with Crippen molar-refractivity contribution in [1.82, 2.24) is 9.55 Å². The molecule has 0 saturated carbocycles. The Kier molecular flexibility index (Phi) is 6.80. The third-order valence-corrected chi connectivity index (χ3v) is 5.02. The van der Waals surface area contributed by atoms with Gasteiger partial charge >= 0.3 is 5.69 Å².